The van der Waals surface area contributed by atoms with Crippen molar-refractivity contribution in [3.8, 4) is 5.75 Å². The normalized spacial score (nSPS) is 11.6. The molecular formula is C18H14O. The average Bonchev–Trinajstić information content (AvgIpc) is 2.46. The maximum Gasteiger partial charge on any atom is 0.127 e. The summed E-state index contributed by atoms with van der Waals surface area (Å²) in [5.74, 6) is 0.980. The van der Waals surface area contributed by atoms with Crippen LogP contribution in [-0.2, 0) is 0 Å². The number of rotatable bonds is 2. The predicted molar refractivity (Wildman–Crippen MR) is 81.3 cm³/mol. The fraction of sp³-hybridized carbons (Fsp3) is 0.111. The Hall–Kier alpha value is -2.28. The van der Waals surface area contributed by atoms with Crippen LogP contribution in [0.3, 0.4) is 0 Å². The van der Waals surface area contributed by atoms with Crippen LogP contribution in [0, 0.1) is 0 Å². The molecule has 0 amide bonds. The van der Waals surface area contributed by atoms with Crippen molar-refractivity contribution in [2.75, 3.05) is 6.61 Å². The van der Waals surface area contributed by atoms with Gasteiger partial charge in [-0.25, -0.2) is 0 Å². The van der Waals surface area contributed by atoms with Gasteiger partial charge < -0.3 is 4.74 Å². The van der Waals surface area contributed by atoms with E-state index in [4.69, 9.17) is 4.74 Å². The second-order valence-corrected chi connectivity index (χ2v) is 4.85. The van der Waals surface area contributed by atoms with E-state index in [0.717, 1.165) is 5.75 Å². The third-order valence-electron chi connectivity index (χ3n) is 3.79. The molecule has 0 aliphatic heterocycles. The van der Waals surface area contributed by atoms with Gasteiger partial charge in [0.05, 0.1) is 6.61 Å². The summed E-state index contributed by atoms with van der Waals surface area (Å²) in [6.45, 7) is 2.72. The van der Waals surface area contributed by atoms with Gasteiger partial charge in [0.25, 0.3) is 0 Å². The largest absolute Gasteiger partial charge is 0.493 e. The average molecular weight is 246 g/mol. The van der Waals surface area contributed by atoms with Gasteiger partial charge in [-0.2, -0.15) is 0 Å². The van der Waals surface area contributed by atoms with Gasteiger partial charge in [0, 0.05) is 10.8 Å². The van der Waals surface area contributed by atoms with Gasteiger partial charge >= 0.3 is 0 Å². The molecule has 1 nitrogen and oxygen atoms in total. The molecule has 19 heavy (non-hydrogen) atoms. The van der Waals surface area contributed by atoms with Crippen molar-refractivity contribution < 1.29 is 4.74 Å². The second kappa shape index (κ2) is 3.86. The van der Waals surface area contributed by atoms with Crippen LogP contribution in [0.1, 0.15) is 6.92 Å². The predicted octanol–water partition coefficient (Wildman–Crippen LogP) is 4.98. The minimum Gasteiger partial charge on any atom is -0.493 e. The van der Waals surface area contributed by atoms with Gasteiger partial charge in [-0.1, -0.05) is 42.5 Å². The molecule has 0 unspecified atom stereocenters. The molecule has 0 saturated heterocycles. The van der Waals surface area contributed by atoms with E-state index in [-0.39, 0.29) is 0 Å². The Morgan fingerprint density at radius 3 is 2.11 bits per heavy atom. The lowest BCUT2D eigenvalue weighted by Gasteiger charge is -2.13. The first-order valence-corrected chi connectivity index (χ1v) is 6.68. The van der Waals surface area contributed by atoms with Crippen molar-refractivity contribution in [2.45, 2.75) is 6.92 Å². The van der Waals surface area contributed by atoms with E-state index in [2.05, 4.69) is 54.6 Å². The van der Waals surface area contributed by atoms with Crippen LogP contribution < -0.4 is 4.74 Å². The summed E-state index contributed by atoms with van der Waals surface area (Å²) in [5, 5.41) is 7.75. The fourth-order valence-electron chi connectivity index (χ4n) is 2.99. The van der Waals surface area contributed by atoms with E-state index in [1.165, 1.54) is 32.3 Å². The summed E-state index contributed by atoms with van der Waals surface area (Å²) >= 11 is 0. The van der Waals surface area contributed by atoms with Gasteiger partial charge in [-0.05, 0) is 40.6 Å². The molecule has 0 spiro atoms. The number of ether oxygens (including phenoxy) is 1. The van der Waals surface area contributed by atoms with Crippen LogP contribution in [0.25, 0.3) is 32.3 Å². The van der Waals surface area contributed by atoms with Crippen molar-refractivity contribution in [1.29, 1.82) is 0 Å². The van der Waals surface area contributed by atoms with Crippen LogP contribution in [0.15, 0.2) is 54.6 Å². The highest BCUT2D eigenvalue weighted by Gasteiger charge is 2.10. The first-order valence-electron chi connectivity index (χ1n) is 6.68. The third kappa shape index (κ3) is 1.42. The zero-order chi connectivity index (χ0) is 12.8. The Kier molecular flexibility index (Phi) is 2.16. The maximum absolute atomic E-state index is 5.76. The van der Waals surface area contributed by atoms with Crippen molar-refractivity contribution in [3.05, 3.63) is 54.6 Å². The van der Waals surface area contributed by atoms with Gasteiger partial charge in [-0.15, -0.1) is 0 Å². The molecule has 0 N–H and O–H groups in total. The minimum atomic E-state index is 0.698. The molecular weight excluding hydrogens is 232 g/mol. The molecule has 0 bridgehead atoms. The zero-order valence-corrected chi connectivity index (χ0v) is 10.8. The van der Waals surface area contributed by atoms with Gasteiger partial charge in [0.2, 0.25) is 0 Å². The Balaban J connectivity index is 2.28. The molecule has 4 aromatic carbocycles. The van der Waals surface area contributed by atoms with Crippen LogP contribution >= 0.6 is 0 Å². The van der Waals surface area contributed by atoms with Crippen LogP contribution in [0.5, 0.6) is 5.75 Å². The number of benzene rings is 4. The topological polar surface area (TPSA) is 9.23 Å². The van der Waals surface area contributed by atoms with E-state index in [9.17, 15) is 0 Å². The molecule has 0 fully saturated rings. The van der Waals surface area contributed by atoms with E-state index < -0.39 is 0 Å². The quantitative estimate of drug-likeness (QED) is 0.453. The van der Waals surface area contributed by atoms with Crippen LogP contribution in [0.2, 0.25) is 0 Å². The smallest absolute Gasteiger partial charge is 0.127 e. The van der Waals surface area contributed by atoms with E-state index >= 15 is 0 Å². The summed E-state index contributed by atoms with van der Waals surface area (Å²) in [6, 6.07) is 19.4. The highest BCUT2D eigenvalue weighted by atomic mass is 16.5. The van der Waals surface area contributed by atoms with Crippen LogP contribution in [0.4, 0.5) is 0 Å². The molecule has 4 rings (SSSR count). The standard InChI is InChI=1S/C18H14O/c1-2-19-16-11-9-14-7-6-12-4-3-5-13-8-10-15(16)18(14)17(12)13/h3-11H,2H2,1H3. The lowest BCUT2D eigenvalue weighted by atomic mass is 9.94. The molecule has 92 valence electrons. The highest BCUT2D eigenvalue weighted by molar-refractivity contribution is 6.24. The SMILES string of the molecule is CCOc1ccc2ccc3cccc4ccc1c2c34. The van der Waals surface area contributed by atoms with Crippen LogP contribution in [-0.4, -0.2) is 6.61 Å². The first kappa shape index (κ1) is 10.6. The van der Waals surface area contributed by atoms with Gasteiger partial charge in [0.15, 0.2) is 0 Å². The Bertz CT molecular complexity index is 861. The van der Waals surface area contributed by atoms with Crippen molar-refractivity contribution in [1.82, 2.24) is 0 Å². The summed E-state index contributed by atoms with van der Waals surface area (Å²) in [5.41, 5.74) is 0. The lowest BCUT2D eigenvalue weighted by molar-refractivity contribution is 0.344. The van der Waals surface area contributed by atoms with E-state index in [1.807, 2.05) is 6.92 Å². The highest BCUT2D eigenvalue weighted by Crippen LogP contribution is 2.38. The molecule has 0 aromatic heterocycles. The first-order chi connectivity index (χ1) is 9.38. The van der Waals surface area contributed by atoms with Crippen molar-refractivity contribution in [3.63, 3.8) is 0 Å². The second-order valence-electron chi connectivity index (χ2n) is 4.85. The molecule has 0 heterocycles. The number of hydrogen-bond donors (Lipinski definition) is 0. The van der Waals surface area contributed by atoms with Gasteiger partial charge in [-0.3, -0.25) is 0 Å². The molecule has 0 aliphatic carbocycles. The molecule has 0 aliphatic rings. The maximum atomic E-state index is 5.76. The summed E-state index contributed by atoms with van der Waals surface area (Å²) in [4.78, 5) is 0. The lowest BCUT2D eigenvalue weighted by Crippen LogP contribution is -1.93. The molecule has 0 saturated carbocycles. The zero-order valence-electron chi connectivity index (χ0n) is 10.8. The summed E-state index contributed by atoms with van der Waals surface area (Å²) in [7, 11) is 0. The Morgan fingerprint density at radius 2 is 1.37 bits per heavy atom. The van der Waals surface area contributed by atoms with Gasteiger partial charge in [0.1, 0.15) is 5.75 Å². The van der Waals surface area contributed by atoms with Crippen molar-refractivity contribution in [2.24, 2.45) is 0 Å². The summed E-state index contributed by atoms with van der Waals surface area (Å²) < 4.78 is 5.76. The molecule has 0 atom stereocenters. The summed E-state index contributed by atoms with van der Waals surface area (Å²) in [6.07, 6.45) is 0. The van der Waals surface area contributed by atoms with Crippen molar-refractivity contribution >= 4 is 32.3 Å². The van der Waals surface area contributed by atoms with E-state index in [1.54, 1.807) is 0 Å². The molecule has 1 heteroatoms. The minimum absolute atomic E-state index is 0.698. The molecule has 0 radical (unpaired) electrons. The fourth-order valence-corrected chi connectivity index (χ4v) is 2.99. The third-order valence-corrected chi connectivity index (χ3v) is 3.79. The Labute approximate surface area is 111 Å². The molecule has 4 aromatic rings. The van der Waals surface area contributed by atoms with E-state index in [0.29, 0.717) is 6.61 Å². The monoisotopic (exact) mass is 246 g/mol. The number of hydrogen-bond acceptors (Lipinski definition) is 1. The Morgan fingerprint density at radius 1 is 0.737 bits per heavy atom.